The van der Waals surface area contributed by atoms with Gasteiger partial charge in [-0.05, 0) is 18.4 Å². The smallest absolute Gasteiger partial charge is 0.276 e. The number of fused-ring (bicyclic) bond motifs is 1. The number of carboxylic acid groups (broad SMARTS) is 1. The molecule has 3 unspecified atom stereocenters. The molecule has 1 aromatic heterocycles. The van der Waals surface area contributed by atoms with E-state index < -0.39 is 34.7 Å². The SMILES string of the molecule is CO/N=C(\C(=O)NC1C(=O)N2C(C(=O)[O-])=C(CSC3N=C(N)C4=C(CCC4)[NH+]3N)CS[C@H]12)c1csc(N)n1. The van der Waals surface area contributed by atoms with Crippen molar-refractivity contribution in [1.82, 2.24) is 15.2 Å². The zero-order valence-corrected chi connectivity index (χ0v) is 22.6. The second-order valence-corrected chi connectivity index (χ2v) is 11.8. The van der Waals surface area contributed by atoms with Crippen molar-refractivity contribution in [1.29, 1.82) is 0 Å². The molecule has 0 spiro atoms. The summed E-state index contributed by atoms with van der Waals surface area (Å²) < 4.78 is 0. The molecule has 1 fully saturated rings. The van der Waals surface area contributed by atoms with Crippen LogP contribution in [0.1, 0.15) is 25.0 Å². The number of aliphatic imine (C=N–C) groups is 1. The number of thiazole rings is 1. The number of anilines is 1. The number of oxime groups is 1. The van der Waals surface area contributed by atoms with Crippen molar-refractivity contribution in [2.75, 3.05) is 24.3 Å². The van der Waals surface area contributed by atoms with Crippen LogP contribution >= 0.6 is 34.9 Å². The Balaban J connectivity index is 1.28. The Labute approximate surface area is 229 Å². The molecule has 3 aliphatic heterocycles. The molecule has 4 atom stereocenters. The van der Waals surface area contributed by atoms with Crippen molar-refractivity contribution in [3.05, 3.63) is 33.6 Å². The van der Waals surface area contributed by atoms with Crippen molar-refractivity contribution in [3.63, 3.8) is 0 Å². The first kappa shape index (κ1) is 26.5. The molecule has 5 rings (SSSR count). The van der Waals surface area contributed by atoms with Crippen molar-refractivity contribution in [2.24, 2.45) is 21.7 Å². The van der Waals surface area contributed by atoms with Crippen LogP contribution in [-0.4, -0.2) is 74.7 Å². The highest BCUT2D eigenvalue weighted by Gasteiger charge is 2.53. The maximum absolute atomic E-state index is 13.0. The van der Waals surface area contributed by atoms with Crippen LogP contribution in [0, 0.1) is 0 Å². The van der Waals surface area contributed by atoms with Crippen LogP contribution in [0.25, 0.3) is 0 Å². The van der Waals surface area contributed by atoms with Gasteiger partial charge in [0.25, 0.3) is 17.3 Å². The number of nitrogens with zero attached hydrogens (tertiary/aromatic N) is 4. The minimum Gasteiger partial charge on any atom is -0.543 e. The van der Waals surface area contributed by atoms with Gasteiger partial charge in [0, 0.05) is 23.3 Å². The van der Waals surface area contributed by atoms with Gasteiger partial charge in [-0.1, -0.05) is 16.9 Å². The average Bonchev–Trinajstić information content (AvgIpc) is 3.56. The van der Waals surface area contributed by atoms with Gasteiger partial charge in [-0.15, -0.1) is 23.1 Å². The lowest BCUT2D eigenvalue weighted by Crippen LogP contribution is -3.19. The molecule has 0 bridgehead atoms. The zero-order valence-electron chi connectivity index (χ0n) is 20.1. The van der Waals surface area contributed by atoms with Crippen LogP contribution in [0.4, 0.5) is 5.13 Å². The highest BCUT2D eigenvalue weighted by Crippen LogP contribution is 2.41. The number of allylic oxidation sites excluding steroid dienone is 1. The Morgan fingerprint density at radius 3 is 2.87 bits per heavy atom. The van der Waals surface area contributed by atoms with Gasteiger partial charge in [-0.2, -0.15) is 10.8 Å². The molecule has 0 radical (unpaired) electrons. The number of β-lactam (4-membered cyclic amide) rings is 1. The Morgan fingerprint density at radius 2 is 2.18 bits per heavy atom. The Bertz CT molecular complexity index is 1320. The number of carboxylic acids is 1. The summed E-state index contributed by atoms with van der Waals surface area (Å²) in [5.74, 6) is 4.69. The lowest BCUT2D eigenvalue weighted by Gasteiger charge is -2.50. The summed E-state index contributed by atoms with van der Waals surface area (Å²) in [6.07, 6.45) is 2.68. The molecule has 0 saturated carbocycles. The number of aromatic nitrogens is 1. The predicted octanol–water partition coefficient (Wildman–Crippen LogP) is -2.94. The topological polar surface area (TPSA) is 219 Å². The van der Waals surface area contributed by atoms with E-state index in [1.54, 1.807) is 0 Å². The summed E-state index contributed by atoms with van der Waals surface area (Å²) in [5.41, 5.74) is 13.8. The molecule has 4 heterocycles. The molecule has 4 aliphatic rings. The highest BCUT2D eigenvalue weighted by atomic mass is 32.2. The van der Waals surface area contributed by atoms with Crippen molar-refractivity contribution < 1.29 is 29.3 Å². The number of amidine groups is 1. The predicted molar refractivity (Wildman–Crippen MR) is 141 cm³/mol. The standard InChI is InChI=1S/C21H25N9O5S3/c1-35-28-12(10-7-37-20(23)25-10)16(31)26-13-17(32)29-14(19(33)34)8(5-36-18(13)29)6-38-21-27-15(22)9-3-2-4-11(9)30(21)24/h7,13,18,21H,2-6,24H2,1H3,(H2,22,27)(H2,23,25)(H,26,31)(H,33,34)/b28-12-/t13?,18-,21?/m1/s1. The summed E-state index contributed by atoms with van der Waals surface area (Å²) >= 11 is 3.82. The second kappa shape index (κ2) is 10.6. The number of thioether (sulfide) groups is 2. The van der Waals surface area contributed by atoms with Crippen LogP contribution in [0.15, 0.2) is 38.1 Å². The normalized spacial score (nSPS) is 27.0. The third-order valence-corrected chi connectivity index (χ3v) is 9.71. The van der Waals surface area contributed by atoms with E-state index in [2.05, 4.69) is 20.4 Å². The van der Waals surface area contributed by atoms with E-state index in [-0.39, 0.29) is 28.0 Å². The van der Waals surface area contributed by atoms with Crippen molar-refractivity contribution >= 4 is 69.3 Å². The van der Waals surface area contributed by atoms with Crippen LogP contribution in [0.5, 0.6) is 0 Å². The first-order valence-electron chi connectivity index (χ1n) is 11.5. The number of amides is 2. The molecule has 14 nitrogen and oxygen atoms in total. The number of nitrogens with two attached hydrogens (primary N) is 3. The number of carbonyl (C=O) groups is 3. The second-order valence-electron chi connectivity index (χ2n) is 8.74. The third kappa shape index (κ3) is 4.64. The van der Waals surface area contributed by atoms with Gasteiger partial charge in [0.2, 0.25) is 0 Å². The lowest BCUT2D eigenvalue weighted by atomic mass is 10.0. The third-order valence-electron chi connectivity index (χ3n) is 6.50. The number of hydrogen-bond acceptors (Lipinski definition) is 14. The Hall–Kier alpha value is -3.12. The van der Waals surface area contributed by atoms with E-state index >= 15 is 0 Å². The Morgan fingerprint density at radius 1 is 1.39 bits per heavy atom. The largest absolute Gasteiger partial charge is 0.543 e. The number of carbonyl (C=O) groups excluding carboxylic acids is 3. The quantitative estimate of drug-likeness (QED) is 0.0908. The van der Waals surface area contributed by atoms with E-state index in [0.717, 1.165) is 46.8 Å². The van der Waals surface area contributed by atoms with Gasteiger partial charge >= 0.3 is 0 Å². The molecule has 0 aromatic carbocycles. The molecule has 38 heavy (non-hydrogen) atoms. The molecule has 202 valence electrons. The maximum atomic E-state index is 13.0. The average molecular weight is 580 g/mol. The lowest BCUT2D eigenvalue weighted by molar-refractivity contribution is -0.885. The number of aliphatic carboxylic acids is 1. The summed E-state index contributed by atoms with van der Waals surface area (Å²) in [4.78, 5) is 52.5. The van der Waals surface area contributed by atoms with Crippen LogP contribution in [0.3, 0.4) is 0 Å². The van der Waals surface area contributed by atoms with E-state index in [1.165, 1.54) is 36.0 Å². The first-order valence-corrected chi connectivity index (χ1v) is 14.5. The van der Waals surface area contributed by atoms with Crippen molar-refractivity contribution in [3.8, 4) is 0 Å². The van der Waals surface area contributed by atoms with E-state index in [1.807, 2.05) is 0 Å². The number of nitrogens with one attached hydrogen (secondary N) is 2. The fourth-order valence-corrected chi connectivity index (χ4v) is 7.89. The van der Waals surface area contributed by atoms with Gasteiger partial charge in [-0.3, -0.25) is 14.5 Å². The molecular formula is C21H25N9O5S3. The fourth-order valence-electron chi connectivity index (χ4n) is 4.76. The summed E-state index contributed by atoms with van der Waals surface area (Å²) in [5, 5.41) is 20.2. The van der Waals surface area contributed by atoms with Gasteiger partial charge in [0.1, 0.15) is 35.8 Å². The van der Waals surface area contributed by atoms with E-state index in [9.17, 15) is 19.5 Å². The van der Waals surface area contributed by atoms with Crippen LogP contribution < -0.4 is 32.7 Å². The monoisotopic (exact) mass is 579 g/mol. The summed E-state index contributed by atoms with van der Waals surface area (Å²) in [7, 11) is 1.27. The fraction of sp³-hybridized carbons (Fsp3) is 0.429. The van der Waals surface area contributed by atoms with Gasteiger partial charge in [0.15, 0.2) is 10.8 Å². The minimum absolute atomic E-state index is 0.151. The molecule has 1 saturated heterocycles. The minimum atomic E-state index is -1.46. The molecule has 2 amide bonds. The molecule has 1 aromatic rings. The molecule has 17 heteroatoms. The van der Waals surface area contributed by atoms with E-state index in [0.29, 0.717) is 22.2 Å². The maximum Gasteiger partial charge on any atom is 0.276 e. The van der Waals surface area contributed by atoms with Gasteiger partial charge < -0.3 is 31.5 Å². The number of nitrogen functional groups attached to an aromatic ring is 1. The molecular weight excluding hydrogens is 554 g/mol. The summed E-state index contributed by atoms with van der Waals surface area (Å²) in [6.45, 7) is 0. The molecule has 1 aliphatic carbocycles. The first-order chi connectivity index (χ1) is 18.2. The number of quaternary nitrogens is 1. The van der Waals surface area contributed by atoms with Crippen molar-refractivity contribution in [2.45, 2.75) is 36.2 Å². The van der Waals surface area contributed by atoms with Crippen LogP contribution in [-0.2, 0) is 19.2 Å². The molecule has 8 N–H and O–H groups in total. The summed E-state index contributed by atoms with van der Waals surface area (Å²) in [6, 6.07) is -0.964. The number of rotatable bonds is 8. The highest BCUT2D eigenvalue weighted by molar-refractivity contribution is 8.01. The Kier molecular flexibility index (Phi) is 7.36. The van der Waals surface area contributed by atoms with Gasteiger partial charge in [-0.25, -0.2) is 9.99 Å². The van der Waals surface area contributed by atoms with Crippen LogP contribution in [0.2, 0.25) is 0 Å². The number of hydrogen-bond donors (Lipinski definition) is 5. The van der Waals surface area contributed by atoms with E-state index in [4.69, 9.17) is 22.1 Å². The zero-order chi connectivity index (χ0) is 27.1. The van der Waals surface area contributed by atoms with Gasteiger partial charge in [0.05, 0.1) is 17.2 Å².